The summed E-state index contributed by atoms with van der Waals surface area (Å²) in [7, 11) is 0.783. The zero-order chi connectivity index (χ0) is 23.2. The van der Waals surface area contributed by atoms with Crippen LogP contribution >= 0.6 is 0 Å². The predicted octanol–water partition coefficient (Wildman–Crippen LogP) is 7.15. The Bertz CT molecular complexity index is 1050. The maximum atomic E-state index is 15.1. The summed E-state index contributed by atoms with van der Waals surface area (Å²) in [6, 6.07) is 6.46. The number of methoxy groups -OCH3 is 1. The first-order chi connectivity index (χ1) is 14.2. The third-order valence-electron chi connectivity index (χ3n) is 4.79. The fourth-order valence-electron chi connectivity index (χ4n) is 3.51. The Morgan fingerprint density at radius 1 is 0.806 bits per heavy atom. The lowest BCUT2D eigenvalue weighted by molar-refractivity contribution is -0.140. The van der Waals surface area contributed by atoms with E-state index in [4.69, 9.17) is 4.74 Å². The van der Waals surface area contributed by atoms with Gasteiger partial charge in [-0.25, -0.2) is 4.39 Å². The van der Waals surface area contributed by atoms with Crippen molar-refractivity contribution in [3.63, 3.8) is 0 Å². The van der Waals surface area contributed by atoms with Crippen LogP contribution in [0.25, 0.3) is 5.57 Å². The lowest BCUT2D eigenvalue weighted by atomic mass is 9.75. The summed E-state index contributed by atoms with van der Waals surface area (Å²) in [5.41, 5.74) is -7.82. The van der Waals surface area contributed by atoms with Crippen LogP contribution in [0.1, 0.15) is 22.3 Å². The smallest absolute Gasteiger partial charge is 0.362 e. The largest absolute Gasteiger partial charge is 0.416 e. The van der Waals surface area contributed by atoms with Gasteiger partial charge < -0.3 is 4.74 Å². The van der Waals surface area contributed by atoms with Crippen LogP contribution in [0.4, 0.5) is 39.5 Å². The Morgan fingerprint density at radius 3 is 2.03 bits per heavy atom. The van der Waals surface area contributed by atoms with E-state index in [1.807, 2.05) is 0 Å². The molecular formula is C21H13F9O. The average Bonchev–Trinajstić information content (AvgIpc) is 2.66. The van der Waals surface area contributed by atoms with Gasteiger partial charge in [0.05, 0.1) is 11.1 Å². The van der Waals surface area contributed by atoms with Crippen LogP contribution in [0.2, 0.25) is 0 Å². The Morgan fingerprint density at radius 2 is 1.45 bits per heavy atom. The summed E-state index contributed by atoms with van der Waals surface area (Å²) in [4.78, 5) is 0. The van der Waals surface area contributed by atoms with Gasteiger partial charge in [-0.05, 0) is 29.8 Å². The number of allylic oxidation sites excluding steroid dienone is 2. The first-order valence-corrected chi connectivity index (χ1v) is 8.62. The molecule has 0 amide bonds. The second kappa shape index (κ2) is 7.44. The van der Waals surface area contributed by atoms with E-state index in [0.717, 1.165) is 37.4 Å². The van der Waals surface area contributed by atoms with Gasteiger partial charge in [0.15, 0.2) is 5.60 Å². The predicted molar refractivity (Wildman–Crippen MR) is 93.7 cm³/mol. The molecule has 10 heteroatoms. The molecule has 1 aliphatic carbocycles. The highest BCUT2D eigenvalue weighted by Gasteiger charge is 2.52. The van der Waals surface area contributed by atoms with Gasteiger partial charge in [-0.3, -0.25) is 0 Å². The fourth-order valence-corrected chi connectivity index (χ4v) is 3.51. The first-order valence-electron chi connectivity index (χ1n) is 8.62. The Kier molecular flexibility index (Phi) is 5.50. The molecular weight excluding hydrogens is 439 g/mol. The fraction of sp³-hybridized carbons (Fsp3) is 0.238. The van der Waals surface area contributed by atoms with Gasteiger partial charge >= 0.3 is 12.4 Å². The van der Waals surface area contributed by atoms with Crippen molar-refractivity contribution in [1.29, 1.82) is 0 Å². The maximum absolute atomic E-state index is 15.1. The standard InChI is InChI=1S/C21H13F9O/c1-31-19(14-7-2-3-8-15(14)21(28,29)30)16(10-18(23,24)11-17(19)22)12-5-4-6-13(9-12)20(25,26)27/h2-11H,1H3. The second-order valence-electron chi connectivity index (χ2n) is 6.73. The minimum Gasteiger partial charge on any atom is -0.362 e. The second-order valence-corrected chi connectivity index (χ2v) is 6.73. The summed E-state index contributed by atoms with van der Waals surface area (Å²) in [6.07, 6.45) is -10.0. The number of benzene rings is 2. The van der Waals surface area contributed by atoms with Crippen molar-refractivity contribution < 1.29 is 44.3 Å². The Labute approximate surface area is 170 Å². The van der Waals surface area contributed by atoms with Gasteiger partial charge in [-0.15, -0.1) is 0 Å². The van der Waals surface area contributed by atoms with Gasteiger partial charge in [-0.1, -0.05) is 30.3 Å². The monoisotopic (exact) mass is 452 g/mol. The summed E-state index contributed by atoms with van der Waals surface area (Å²) in [5.74, 6) is -5.77. The van der Waals surface area contributed by atoms with Gasteiger partial charge in [0.25, 0.3) is 5.92 Å². The third kappa shape index (κ3) is 4.08. The quantitative estimate of drug-likeness (QED) is 0.450. The lowest BCUT2D eigenvalue weighted by Gasteiger charge is -2.39. The van der Waals surface area contributed by atoms with Crippen molar-refractivity contribution in [3.8, 4) is 0 Å². The number of alkyl halides is 8. The molecule has 0 heterocycles. The molecule has 1 unspecified atom stereocenters. The molecule has 0 saturated carbocycles. The number of halogens is 9. The SMILES string of the molecule is COC1(c2ccccc2C(F)(F)F)C(F)=CC(F)(F)C=C1c1cccc(C(F)(F)F)c1. The molecule has 2 aromatic carbocycles. The van der Waals surface area contributed by atoms with E-state index in [9.17, 15) is 35.1 Å². The van der Waals surface area contributed by atoms with Crippen LogP contribution in [0.3, 0.4) is 0 Å². The molecule has 2 aromatic rings. The zero-order valence-corrected chi connectivity index (χ0v) is 15.6. The molecule has 0 aromatic heterocycles. The van der Waals surface area contributed by atoms with Crippen molar-refractivity contribution in [1.82, 2.24) is 0 Å². The third-order valence-corrected chi connectivity index (χ3v) is 4.79. The molecule has 0 N–H and O–H groups in total. The molecule has 0 radical (unpaired) electrons. The molecule has 1 atom stereocenters. The minimum atomic E-state index is -5.03. The van der Waals surface area contributed by atoms with Gasteiger partial charge in [0.2, 0.25) is 0 Å². The molecule has 0 spiro atoms. The number of ether oxygens (including phenoxy) is 1. The van der Waals surface area contributed by atoms with Crippen LogP contribution in [0.5, 0.6) is 0 Å². The number of hydrogen-bond donors (Lipinski definition) is 0. The molecule has 0 fully saturated rings. The highest BCUT2D eigenvalue weighted by atomic mass is 19.4. The summed E-state index contributed by atoms with van der Waals surface area (Å²) in [6.45, 7) is 0. The van der Waals surface area contributed by atoms with Crippen molar-refractivity contribution in [2.75, 3.05) is 7.11 Å². The normalized spacial score (nSPS) is 21.5. The molecule has 1 aliphatic rings. The highest BCUT2D eigenvalue weighted by molar-refractivity contribution is 5.80. The zero-order valence-electron chi connectivity index (χ0n) is 15.6. The average molecular weight is 452 g/mol. The van der Waals surface area contributed by atoms with E-state index in [1.54, 1.807) is 0 Å². The molecule has 0 bridgehead atoms. The molecule has 0 aliphatic heterocycles. The first kappa shape index (κ1) is 22.9. The summed E-state index contributed by atoms with van der Waals surface area (Å²) >= 11 is 0. The van der Waals surface area contributed by atoms with E-state index >= 15 is 4.39 Å². The maximum Gasteiger partial charge on any atom is 0.416 e. The van der Waals surface area contributed by atoms with Crippen molar-refractivity contribution in [2.45, 2.75) is 23.9 Å². The van der Waals surface area contributed by atoms with E-state index in [2.05, 4.69) is 0 Å². The Balaban J connectivity index is 2.38. The van der Waals surface area contributed by atoms with Crippen molar-refractivity contribution in [3.05, 3.63) is 88.8 Å². The number of rotatable bonds is 3. The lowest BCUT2D eigenvalue weighted by Crippen LogP contribution is -2.38. The topological polar surface area (TPSA) is 9.23 Å². The van der Waals surface area contributed by atoms with E-state index < -0.39 is 57.5 Å². The van der Waals surface area contributed by atoms with E-state index in [1.165, 1.54) is 0 Å². The molecule has 166 valence electrons. The van der Waals surface area contributed by atoms with Crippen LogP contribution < -0.4 is 0 Å². The summed E-state index contributed by atoms with van der Waals surface area (Å²) < 4.78 is 129. The van der Waals surface area contributed by atoms with Crippen LogP contribution in [-0.2, 0) is 22.7 Å². The van der Waals surface area contributed by atoms with Crippen molar-refractivity contribution >= 4 is 5.57 Å². The van der Waals surface area contributed by atoms with Gasteiger partial charge in [-0.2, -0.15) is 35.1 Å². The molecule has 0 saturated heterocycles. The highest BCUT2D eigenvalue weighted by Crippen LogP contribution is 2.53. The summed E-state index contributed by atoms with van der Waals surface area (Å²) in [5, 5.41) is 0. The van der Waals surface area contributed by atoms with Crippen LogP contribution in [0, 0.1) is 0 Å². The number of hydrogen-bond acceptors (Lipinski definition) is 1. The molecule has 3 rings (SSSR count). The minimum absolute atomic E-state index is 0.0994. The van der Waals surface area contributed by atoms with E-state index in [-0.39, 0.29) is 12.2 Å². The van der Waals surface area contributed by atoms with Gasteiger partial charge in [0, 0.05) is 24.3 Å². The van der Waals surface area contributed by atoms with Gasteiger partial charge in [0.1, 0.15) is 5.83 Å². The molecule has 1 nitrogen and oxygen atoms in total. The van der Waals surface area contributed by atoms with Crippen LogP contribution in [-0.4, -0.2) is 13.0 Å². The van der Waals surface area contributed by atoms with Crippen molar-refractivity contribution in [2.24, 2.45) is 0 Å². The van der Waals surface area contributed by atoms with Crippen LogP contribution in [0.15, 0.2) is 66.5 Å². The molecule has 31 heavy (non-hydrogen) atoms. The Hall–Kier alpha value is -2.75. The van der Waals surface area contributed by atoms with E-state index in [0.29, 0.717) is 18.2 Å².